The van der Waals surface area contributed by atoms with Crippen LogP contribution in [0.4, 0.5) is 0 Å². The molecule has 0 amide bonds. The Hall–Kier alpha value is -1.21. The number of rotatable bonds is 8. The Morgan fingerprint density at radius 2 is 2.35 bits per heavy atom. The lowest BCUT2D eigenvalue weighted by atomic mass is 10.0. The van der Waals surface area contributed by atoms with Crippen molar-refractivity contribution in [3.05, 3.63) is 40.8 Å². The average molecular weight is 335 g/mol. The first-order chi connectivity index (χ1) is 11.3. The second-order valence-electron chi connectivity index (χ2n) is 6.12. The van der Waals surface area contributed by atoms with Gasteiger partial charge in [0.25, 0.3) is 0 Å². The summed E-state index contributed by atoms with van der Waals surface area (Å²) >= 11 is 1.69. The van der Waals surface area contributed by atoms with E-state index in [-0.39, 0.29) is 0 Å². The molecule has 0 bridgehead atoms. The van der Waals surface area contributed by atoms with Crippen LogP contribution in [-0.2, 0) is 17.9 Å². The van der Waals surface area contributed by atoms with E-state index in [9.17, 15) is 5.11 Å². The van der Waals surface area contributed by atoms with Crippen molar-refractivity contribution in [1.82, 2.24) is 14.7 Å². The van der Waals surface area contributed by atoms with Gasteiger partial charge < -0.3 is 9.84 Å². The van der Waals surface area contributed by atoms with Crippen molar-refractivity contribution in [3.8, 4) is 0 Å². The summed E-state index contributed by atoms with van der Waals surface area (Å²) in [5.74, 6) is 0. The Balaban J connectivity index is 1.44. The minimum absolute atomic E-state index is 0.392. The molecule has 2 atom stereocenters. The SMILES string of the molecule is OC(COCc1cccs1)CN1CCCCC1Cn1cccn1. The molecule has 1 fully saturated rings. The monoisotopic (exact) mass is 335 g/mol. The van der Waals surface area contributed by atoms with Crippen LogP contribution in [0.5, 0.6) is 0 Å². The molecule has 6 heteroatoms. The highest BCUT2D eigenvalue weighted by atomic mass is 32.1. The Bertz CT molecular complexity index is 544. The van der Waals surface area contributed by atoms with Gasteiger partial charge in [-0.05, 0) is 36.9 Å². The molecule has 1 N–H and O–H groups in total. The van der Waals surface area contributed by atoms with Crippen molar-refractivity contribution in [2.24, 2.45) is 0 Å². The van der Waals surface area contributed by atoms with Gasteiger partial charge in [-0.2, -0.15) is 5.10 Å². The molecule has 2 unspecified atom stereocenters. The summed E-state index contributed by atoms with van der Waals surface area (Å²) in [5.41, 5.74) is 0. The first-order valence-electron chi connectivity index (χ1n) is 8.31. The van der Waals surface area contributed by atoms with Gasteiger partial charge in [0.1, 0.15) is 0 Å². The second-order valence-corrected chi connectivity index (χ2v) is 7.15. The van der Waals surface area contributed by atoms with Crippen LogP contribution >= 0.6 is 11.3 Å². The molecular formula is C17H25N3O2S. The summed E-state index contributed by atoms with van der Waals surface area (Å²) in [6, 6.07) is 6.49. The maximum atomic E-state index is 10.3. The molecule has 23 heavy (non-hydrogen) atoms. The van der Waals surface area contributed by atoms with E-state index in [1.54, 1.807) is 11.3 Å². The first-order valence-corrected chi connectivity index (χ1v) is 9.19. The van der Waals surface area contributed by atoms with E-state index >= 15 is 0 Å². The molecule has 2 aromatic rings. The van der Waals surface area contributed by atoms with Crippen molar-refractivity contribution >= 4 is 11.3 Å². The Morgan fingerprint density at radius 3 is 3.13 bits per heavy atom. The molecular weight excluding hydrogens is 310 g/mol. The van der Waals surface area contributed by atoms with Gasteiger partial charge in [-0.3, -0.25) is 9.58 Å². The molecule has 126 valence electrons. The maximum Gasteiger partial charge on any atom is 0.0900 e. The van der Waals surface area contributed by atoms with Crippen LogP contribution in [0.25, 0.3) is 0 Å². The van der Waals surface area contributed by atoms with Gasteiger partial charge in [0.15, 0.2) is 0 Å². The molecule has 3 rings (SSSR count). The molecule has 1 aliphatic rings. The zero-order chi connectivity index (χ0) is 15.9. The van der Waals surface area contributed by atoms with Gasteiger partial charge >= 0.3 is 0 Å². The first kappa shape index (κ1) is 16.6. The molecule has 0 aliphatic carbocycles. The van der Waals surface area contributed by atoms with Crippen molar-refractivity contribution in [1.29, 1.82) is 0 Å². The number of aliphatic hydroxyl groups excluding tert-OH is 1. The van der Waals surface area contributed by atoms with Crippen molar-refractivity contribution < 1.29 is 9.84 Å². The summed E-state index contributed by atoms with van der Waals surface area (Å²) < 4.78 is 7.63. The third-order valence-electron chi connectivity index (χ3n) is 4.29. The van der Waals surface area contributed by atoms with Crippen molar-refractivity contribution in [2.75, 3.05) is 19.7 Å². The van der Waals surface area contributed by atoms with E-state index < -0.39 is 6.10 Å². The van der Waals surface area contributed by atoms with E-state index in [2.05, 4.69) is 16.1 Å². The Morgan fingerprint density at radius 1 is 1.39 bits per heavy atom. The molecule has 0 spiro atoms. The zero-order valence-electron chi connectivity index (χ0n) is 13.4. The number of ether oxygens (including phenoxy) is 1. The lowest BCUT2D eigenvalue weighted by Crippen LogP contribution is -2.46. The second kappa shape index (κ2) is 8.59. The van der Waals surface area contributed by atoms with Gasteiger partial charge in [0.05, 0.1) is 25.9 Å². The average Bonchev–Trinajstić information content (AvgIpc) is 3.23. The van der Waals surface area contributed by atoms with E-state index in [1.807, 2.05) is 34.6 Å². The number of likely N-dealkylation sites (tertiary alicyclic amines) is 1. The minimum Gasteiger partial charge on any atom is -0.389 e. The smallest absolute Gasteiger partial charge is 0.0900 e. The van der Waals surface area contributed by atoms with E-state index in [0.29, 0.717) is 25.8 Å². The summed E-state index contributed by atoms with van der Waals surface area (Å²) in [4.78, 5) is 3.59. The fraction of sp³-hybridized carbons (Fsp3) is 0.588. The van der Waals surface area contributed by atoms with Crippen LogP contribution in [0.2, 0.25) is 0 Å². The largest absolute Gasteiger partial charge is 0.389 e. The number of hydrogen-bond donors (Lipinski definition) is 1. The normalized spacial score (nSPS) is 20.7. The Kier molecular flexibility index (Phi) is 6.21. The number of piperidine rings is 1. The molecule has 2 aromatic heterocycles. The number of aromatic nitrogens is 2. The minimum atomic E-state index is -0.437. The highest BCUT2D eigenvalue weighted by Crippen LogP contribution is 2.19. The van der Waals surface area contributed by atoms with Crippen LogP contribution in [0.1, 0.15) is 24.1 Å². The van der Waals surface area contributed by atoms with Crippen LogP contribution in [0, 0.1) is 0 Å². The standard InChI is InChI=1S/C17H25N3O2S/c21-16(13-22-14-17-6-3-10-23-17)12-19-8-2-1-5-15(19)11-20-9-4-7-18-20/h3-4,6-7,9-10,15-16,21H,1-2,5,8,11-14H2. The van der Waals surface area contributed by atoms with E-state index in [4.69, 9.17) is 4.74 Å². The molecule has 3 heterocycles. The van der Waals surface area contributed by atoms with Crippen molar-refractivity contribution in [3.63, 3.8) is 0 Å². The molecule has 0 saturated carbocycles. The predicted molar refractivity (Wildman–Crippen MR) is 91.4 cm³/mol. The third kappa shape index (κ3) is 5.14. The molecule has 1 aliphatic heterocycles. The van der Waals surface area contributed by atoms with Gasteiger partial charge in [-0.1, -0.05) is 12.5 Å². The van der Waals surface area contributed by atoms with E-state index in [0.717, 1.165) is 13.1 Å². The van der Waals surface area contributed by atoms with Gasteiger partial charge in [-0.25, -0.2) is 0 Å². The topological polar surface area (TPSA) is 50.5 Å². The third-order valence-corrected chi connectivity index (χ3v) is 5.14. The quantitative estimate of drug-likeness (QED) is 0.805. The number of thiophene rings is 1. The number of aliphatic hydroxyl groups is 1. The highest BCUT2D eigenvalue weighted by Gasteiger charge is 2.24. The van der Waals surface area contributed by atoms with Crippen LogP contribution in [-0.4, -0.2) is 51.6 Å². The van der Waals surface area contributed by atoms with Gasteiger partial charge in [0.2, 0.25) is 0 Å². The summed E-state index contributed by atoms with van der Waals surface area (Å²) in [6.45, 7) is 3.61. The fourth-order valence-electron chi connectivity index (χ4n) is 3.15. The molecule has 0 radical (unpaired) electrons. The molecule has 1 saturated heterocycles. The van der Waals surface area contributed by atoms with Crippen LogP contribution in [0.3, 0.4) is 0 Å². The predicted octanol–water partition coefficient (Wildman–Crippen LogP) is 2.38. The molecule has 0 aromatic carbocycles. The lowest BCUT2D eigenvalue weighted by molar-refractivity contribution is -0.00511. The lowest BCUT2D eigenvalue weighted by Gasteiger charge is -2.36. The number of hydrogen-bond acceptors (Lipinski definition) is 5. The van der Waals surface area contributed by atoms with Crippen LogP contribution in [0.15, 0.2) is 36.0 Å². The summed E-state index contributed by atoms with van der Waals surface area (Å²) in [5, 5.41) is 16.6. The zero-order valence-corrected chi connectivity index (χ0v) is 14.2. The van der Waals surface area contributed by atoms with Crippen LogP contribution < -0.4 is 0 Å². The van der Waals surface area contributed by atoms with Gasteiger partial charge in [-0.15, -0.1) is 11.3 Å². The number of nitrogens with zero attached hydrogens (tertiary/aromatic N) is 3. The highest BCUT2D eigenvalue weighted by molar-refractivity contribution is 7.09. The van der Waals surface area contributed by atoms with Crippen molar-refractivity contribution in [2.45, 2.75) is 44.6 Å². The van der Waals surface area contributed by atoms with Gasteiger partial charge in [0, 0.05) is 29.9 Å². The Labute approximate surface area is 141 Å². The maximum absolute atomic E-state index is 10.3. The fourth-order valence-corrected chi connectivity index (χ4v) is 3.79. The van der Waals surface area contributed by atoms with E-state index in [1.165, 1.54) is 24.1 Å². The number of β-amino-alcohol motifs (C(OH)–C–C–N with tert-alkyl or cyclic N) is 1. The summed E-state index contributed by atoms with van der Waals surface area (Å²) in [7, 11) is 0. The molecule has 5 nitrogen and oxygen atoms in total. The summed E-state index contributed by atoms with van der Waals surface area (Å²) in [6.07, 6.45) is 7.02.